The maximum Gasteiger partial charge on any atom is 0.266 e. The first-order valence-corrected chi connectivity index (χ1v) is 8.16. The first-order chi connectivity index (χ1) is 10.7. The third-order valence-corrected chi connectivity index (χ3v) is 4.11. The molecule has 1 aliphatic rings. The average Bonchev–Trinajstić information content (AvgIpc) is 2.97. The Kier molecular flexibility index (Phi) is 4.95. The molecule has 118 valence electrons. The minimum atomic E-state index is 0.728. The van der Waals surface area contributed by atoms with E-state index < -0.39 is 0 Å². The van der Waals surface area contributed by atoms with E-state index >= 15 is 0 Å². The molecule has 0 unspecified atom stereocenters. The van der Waals surface area contributed by atoms with E-state index in [2.05, 4.69) is 32.9 Å². The highest BCUT2D eigenvalue weighted by molar-refractivity contribution is 6.30. The van der Waals surface area contributed by atoms with Gasteiger partial charge in [0.25, 0.3) is 5.95 Å². The van der Waals surface area contributed by atoms with E-state index in [0.29, 0.717) is 0 Å². The van der Waals surface area contributed by atoms with Crippen molar-refractivity contribution in [3.05, 3.63) is 40.7 Å². The van der Waals surface area contributed by atoms with Crippen LogP contribution >= 0.6 is 11.6 Å². The van der Waals surface area contributed by atoms with Gasteiger partial charge in [-0.25, -0.2) is 0 Å². The summed E-state index contributed by atoms with van der Waals surface area (Å²) in [5.41, 5.74) is 1.26. The number of anilines is 1. The second kappa shape index (κ2) is 7.11. The molecule has 22 heavy (non-hydrogen) atoms. The SMILES string of the molecule is CCCc1nc(N2CCN(Cc3cccc(Cl)c3)CC2)no1. The van der Waals surface area contributed by atoms with Gasteiger partial charge in [0.1, 0.15) is 0 Å². The summed E-state index contributed by atoms with van der Waals surface area (Å²) in [6.45, 7) is 6.87. The Morgan fingerprint density at radius 3 is 2.77 bits per heavy atom. The third kappa shape index (κ3) is 3.78. The molecule has 1 aliphatic heterocycles. The summed E-state index contributed by atoms with van der Waals surface area (Å²) in [5, 5.41) is 4.88. The molecule has 0 bridgehead atoms. The quantitative estimate of drug-likeness (QED) is 0.847. The van der Waals surface area contributed by atoms with Crippen LogP contribution in [0.5, 0.6) is 0 Å². The van der Waals surface area contributed by atoms with E-state index in [4.69, 9.17) is 16.1 Å². The second-order valence-electron chi connectivity index (χ2n) is 5.63. The van der Waals surface area contributed by atoms with Crippen molar-refractivity contribution in [3.63, 3.8) is 0 Å². The summed E-state index contributed by atoms with van der Waals surface area (Å²) in [5.74, 6) is 1.46. The first-order valence-electron chi connectivity index (χ1n) is 7.79. The van der Waals surface area contributed by atoms with Crippen molar-refractivity contribution < 1.29 is 4.52 Å². The van der Waals surface area contributed by atoms with E-state index in [0.717, 1.165) is 62.4 Å². The zero-order valence-corrected chi connectivity index (χ0v) is 13.6. The minimum absolute atomic E-state index is 0.728. The number of benzene rings is 1. The maximum atomic E-state index is 6.04. The smallest absolute Gasteiger partial charge is 0.266 e. The number of aryl methyl sites for hydroxylation is 1. The van der Waals surface area contributed by atoms with E-state index in [-0.39, 0.29) is 0 Å². The Bertz CT molecular complexity index is 608. The predicted molar refractivity (Wildman–Crippen MR) is 87.2 cm³/mol. The number of halogens is 1. The van der Waals surface area contributed by atoms with Crippen molar-refractivity contribution >= 4 is 17.5 Å². The van der Waals surface area contributed by atoms with E-state index in [1.54, 1.807) is 0 Å². The Morgan fingerprint density at radius 1 is 1.23 bits per heavy atom. The molecule has 1 aromatic heterocycles. The second-order valence-corrected chi connectivity index (χ2v) is 6.07. The number of nitrogens with zero attached hydrogens (tertiary/aromatic N) is 4. The topological polar surface area (TPSA) is 45.4 Å². The molecular weight excluding hydrogens is 300 g/mol. The molecule has 2 heterocycles. The lowest BCUT2D eigenvalue weighted by atomic mass is 10.2. The van der Waals surface area contributed by atoms with Gasteiger partial charge in [0.05, 0.1) is 0 Å². The highest BCUT2D eigenvalue weighted by Gasteiger charge is 2.20. The summed E-state index contributed by atoms with van der Waals surface area (Å²) in [6, 6.07) is 8.06. The molecule has 0 atom stereocenters. The van der Waals surface area contributed by atoms with Crippen LogP contribution in [0.2, 0.25) is 5.02 Å². The molecule has 1 fully saturated rings. The minimum Gasteiger partial charge on any atom is -0.337 e. The summed E-state index contributed by atoms with van der Waals surface area (Å²) in [7, 11) is 0. The van der Waals surface area contributed by atoms with Crippen LogP contribution < -0.4 is 4.90 Å². The van der Waals surface area contributed by atoms with Gasteiger partial charge in [0, 0.05) is 44.2 Å². The van der Waals surface area contributed by atoms with E-state index in [1.807, 2.05) is 18.2 Å². The van der Waals surface area contributed by atoms with Gasteiger partial charge in [-0.2, -0.15) is 4.98 Å². The maximum absolute atomic E-state index is 6.04. The third-order valence-electron chi connectivity index (χ3n) is 3.87. The van der Waals surface area contributed by atoms with Gasteiger partial charge in [-0.05, 0) is 29.3 Å². The Labute approximate surface area is 135 Å². The Hall–Kier alpha value is -1.59. The molecular formula is C16H21ClN4O. The number of hydrogen-bond donors (Lipinski definition) is 0. The highest BCUT2D eigenvalue weighted by Crippen LogP contribution is 2.16. The molecule has 2 aromatic rings. The molecule has 0 amide bonds. The molecule has 0 N–H and O–H groups in total. The fraction of sp³-hybridized carbons (Fsp3) is 0.500. The van der Waals surface area contributed by atoms with Crippen molar-refractivity contribution in [1.82, 2.24) is 15.0 Å². The van der Waals surface area contributed by atoms with Crippen molar-refractivity contribution in [1.29, 1.82) is 0 Å². The summed E-state index contributed by atoms with van der Waals surface area (Å²) in [4.78, 5) is 9.07. The van der Waals surface area contributed by atoms with Crippen LogP contribution in [-0.2, 0) is 13.0 Å². The van der Waals surface area contributed by atoms with Gasteiger partial charge < -0.3 is 9.42 Å². The summed E-state index contributed by atoms with van der Waals surface area (Å²) < 4.78 is 5.26. The summed E-state index contributed by atoms with van der Waals surface area (Å²) in [6.07, 6.45) is 1.87. The zero-order valence-electron chi connectivity index (χ0n) is 12.8. The predicted octanol–water partition coefficient (Wildman–Crippen LogP) is 3.00. The van der Waals surface area contributed by atoms with Crippen LogP contribution in [-0.4, -0.2) is 41.2 Å². The number of piperazine rings is 1. The van der Waals surface area contributed by atoms with Gasteiger partial charge in [-0.3, -0.25) is 4.90 Å². The molecule has 6 heteroatoms. The summed E-state index contributed by atoms with van der Waals surface area (Å²) >= 11 is 6.04. The monoisotopic (exact) mass is 320 g/mol. The van der Waals surface area contributed by atoms with Crippen LogP contribution in [0.4, 0.5) is 5.95 Å². The molecule has 1 saturated heterocycles. The van der Waals surface area contributed by atoms with Gasteiger partial charge in [-0.1, -0.05) is 30.7 Å². The Morgan fingerprint density at radius 2 is 2.05 bits per heavy atom. The lowest BCUT2D eigenvalue weighted by Crippen LogP contribution is -2.46. The standard InChI is InChI=1S/C16H21ClN4O/c1-2-4-15-18-16(19-22-15)21-9-7-20(8-10-21)12-13-5-3-6-14(17)11-13/h3,5-6,11H,2,4,7-10,12H2,1H3. The van der Waals surface area contributed by atoms with Crippen molar-refractivity contribution in [2.75, 3.05) is 31.1 Å². The lowest BCUT2D eigenvalue weighted by molar-refractivity contribution is 0.248. The van der Waals surface area contributed by atoms with Gasteiger partial charge in [0.2, 0.25) is 5.89 Å². The van der Waals surface area contributed by atoms with Crippen molar-refractivity contribution in [3.8, 4) is 0 Å². The first kappa shape index (κ1) is 15.3. The molecule has 5 nitrogen and oxygen atoms in total. The number of aromatic nitrogens is 2. The molecule has 0 saturated carbocycles. The van der Waals surface area contributed by atoms with Gasteiger partial charge in [-0.15, -0.1) is 0 Å². The van der Waals surface area contributed by atoms with Crippen LogP contribution in [0, 0.1) is 0 Å². The highest BCUT2D eigenvalue weighted by atomic mass is 35.5. The van der Waals surface area contributed by atoms with Crippen LogP contribution in [0.1, 0.15) is 24.8 Å². The molecule has 0 aliphatic carbocycles. The van der Waals surface area contributed by atoms with Crippen LogP contribution in [0.3, 0.4) is 0 Å². The number of hydrogen-bond acceptors (Lipinski definition) is 5. The van der Waals surface area contributed by atoms with Crippen molar-refractivity contribution in [2.24, 2.45) is 0 Å². The molecule has 3 rings (SSSR count). The van der Waals surface area contributed by atoms with Crippen LogP contribution in [0.15, 0.2) is 28.8 Å². The fourth-order valence-corrected chi connectivity index (χ4v) is 2.90. The number of rotatable bonds is 5. The Balaban J connectivity index is 1.53. The zero-order chi connectivity index (χ0) is 15.4. The van der Waals surface area contributed by atoms with Gasteiger partial charge >= 0.3 is 0 Å². The average molecular weight is 321 g/mol. The van der Waals surface area contributed by atoms with Crippen molar-refractivity contribution in [2.45, 2.75) is 26.3 Å². The normalized spacial score (nSPS) is 16.2. The molecule has 0 radical (unpaired) electrons. The largest absolute Gasteiger partial charge is 0.337 e. The van der Waals surface area contributed by atoms with Gasteiger partial charge in [0.15, 0.2) is 0 Å². The van der Waals surface area contributed by atoms with E-state index in [1.165, 1.54) is 5.56 Å². The van der Waals surface area contributed by atoms with Crippen LogP contribution in [0.25, 0.3) is 0 Å². The fourth-order valence-electron chi connectivity index (χ4n) is 2.69. The molecule has 1 aromatic carbocycles. The van der Waals surface area contributed by atoms with E-state index in [9.17, 15) is 0 Å². The molecule has 0 spiro atoms. The lowest BCUT2D eigenvalue weighted by Gasteiger charge is -2.33.